The molecule has 0 aromatic carbocycles. The standard InChI is InChI=1S/C8H19O3P.Ni/c1-3-5-6-8(4-2)7-11-12(9)10;/h8,12H,3-7H2,1-2H3,(H,9,10);. The Morgan fingerprint density at radius 3 is 2.46 bits per heavy atom. The molecule has 0 spiro atoms. The average molecular weight is 253 g/mol. The van der Waals surface area contributed by atoms with E-state index in [1.165, 1.54) is 12.8 Å². The van der Waals surface area contributed by atoms with E-state index in [1.54, 1.807) is 0 Å². The van der Waals surface area contributed by atoms with Crippen molar-refractivity contribution in [3.05, 3.63) is 0 Å². The molecular weight excluding hydrogens is 234 g/mol. The molecule has 0 aliphatic carbocycles. The van der Waals surface area contributed by atoms with Crippen LogP contribution < -0.4 is 0 Å². The first kappa shape index (κ1) is 16.1. The molecule has 0 fully saturated rings. The monoisotopic (exact) mass is 252 g/mol. The zero-order valence-electron chi connectivity index (χ0n) is 8.19. The van der Waals surface area contributed by atoms with Gasteiger partial charge in [0.1, 0.15) is 0 Å². The van der Waals surface area contributed by atoms with Crippen molar-refractivity contribution in [2.24, 2.45) is 5.92 Å². The first-order valence-corrected chi connectivity index (χ1v) is 5.82. The van der Waals surface area contributed by atoms with Crippen molar-refractivity contribution in [1.29, 1.82) is 0 Å². The van der Waals surface area contributed by atoms with Gasteiger partial charge in [0, 0.05) is 16.5 Å². The minimum Gasteiger partial charge on any atom is -0.326 e. The van der Waals surface area contributed by atoms with Crippen LogP contribution >= 0.6 is 8.25 Å². The van der Waals surface area contributed by atoms with Gasteiger partial charge in [0.25, 0.3) is 0 Å². The van der Waals surface area contributed by atoms with Crippen molar-refractivity contribution in [2.75, 3.05) is 6.61 Å². The minimum atomic E-state index is -2.71. The second-order valence-electron chi connectivity index (χ2n) is 2.99. The summed E-state index contributed by atoms with van der Waals surface area (Å²) in [6.45, 7) is 4.66. The molecule has 3 nitrogen and oxygen atoms in total. The second kappa shape index (κ2) is 10.7. The maximum atomic E-state index is 10.3. The van der Waals surface area contributed by atoms with Gasteiger partial charge in [-0.1, -0.05) is 33.1 Å². The first-order chi connectivity index (χ1) is 5.70. The maximum Gasteiger partial charge on any atom is 0.316 e. The molecule has 1 N–H and O–H groups in total. The van der Waals surface area contributed by atoms with Crippen molar-refractivity contribution < 1.29 is 30.5 Å². The quantitative estimate of drug-likeness (QED) is 0.560. The third kappa shape index (κ3) is 10.6. The average Bonchev–Trinajstić information content (AvgIpc) is 2.05. The van der Waals surface area contributed by atoms with Gasteiger partial charge in [-0.15, -0.1) is 0 Å². The summed E-state index contributed by atoms with van der Waals surface area (Å²) in [6.07, 6.45) is 4.47. The summed E-state index contributed by atoms with van der Waals surface area (Å²) in [5.74, 6) is 0.450. The fourth-order valence-corrected chi connectivity index (χ4v) is 1.47. The molecule has 0 radical (unpaired) electrons. The Morgan fingerprint density at radius 2 is 2.08 bits per heavy atom. The van der Waals surface area contributed by atoms with E-state index in [2.05, 4.69) is 13.8 Å². The summed E-state index contributed by atoms with van der Waals surface area (Å²) in [5, 5.41) is 0. The molecule has 2 unspecified atom stereocenters. The second-order valence-corrected chi connectivity index (χ2v) is 3.81. The molecule has 2 atom stereocenters. The predicted octanol–water partition coefficient (Wildman–Crippen LogP) is 2.60. The fraction of sp³-hybridized carbons (Fsp3) is 1.00. The van der Waals surface area contributed by atoms with Gasteiger partial charge in [0.05, 0.1) is 6.61 Å². The van der Waals surface area contributed by atoms with Gasteiger partial charge in [-0.2, -0.15) is 0 Å². The minimum absolute atomic E-state index is 0. The van der Waals surface area contributed by atoms with Crippen molar-refractivity contribution in [3.63, 3.8) is 0 Å². The van der Waals surface area contributed by atoms with Crippen LogP contribution in [0.3, 0.4) is 0 Å². The number of hydrogen-bond donors (Lipinski definition) is 1. The fourth-order valence-electron chi connectivity index (χ4n) is 1.09. The molecule has 0 aliphatic rings. The van der Waals surface area contributed by atoms with Gasteiger partial charge in [-0.3, -0.25) is 4.57 Å². The molecule has 0 heterocycles. The molecule has 0 rings (SSSR count). The number of rotatable bonds is 7. The summed E-state index contributed by atoms with van der Waals surface area (Å²) >= 11 is 0. The van der Waals surface area contributed by atoms with Crippen LogP contribution in [0.25, 0.3) is 0 Å². The van der Waals surface area contributed by atoms with Crippen LogP contribution in [0.15, 0.2) is 0 Å². The molecule has 0 aromatic heterocycles. The molecule has 0 amide bonds. The Labute approximate surface area is 91.1 Å². The third-order valence-electron chi connectivity index (χ3n) is 1.99. The summed E-state index contributed by atoms with van der Waals surface area (Å²) in [6, 6.07) is 0. The molecule has 0 saturated carbocycles. The molecule has 0 saturated heterocycles. The Balaban J connectivity index is 0. The molecule has 13 heavy (non-hydrogen) atoms. The maximum absolute atomic E-state index is 10.3. The first-order valence-electron chi connectivity index (χ1n) is 4.56. The number of hydrogen-bond acceptors (Lipinski definition) is 2. The molecule has 84 valence electrons. The van der Waals surface area contributed by atoms with E-state index in [4.69, 9.17) is 9.42 Å². The third-order valence-corrected chi connectivity index (χ3v) is 2.40. The molecule has 0 bridgehead atoms. The largest absolute Gasteiger partial charge is 0.326 e. The van der Waals surface area contributed by atoms with E-state index < -0.39 is 8.25 Å². The van der Waals surface area contributed by atoms with Gasteiger partial charge >= 0.3 is 8.25 Å². The zero-order chi connectivity index (χ0) is 9.40. The topological polar surface area (TPSA) is 46.5 Å². The molecule has 5 heteroatoms. The van der Waals surface area contributed by atoms with Crippen LogP contribution in [-0.4, -0.2) is 11.5 Å². The van der Waals surface area contributed by atoms with Crippen LogP contribution in [0.2, 0.25) is 0 Å². The summed E-state index contributed by atoms with van der Waals surface area (Å²) in [4.78, 5) is 8.45. The van der Waals surface area contributed by atoms with Gasteiger partial charge in [0.2, 0.25) is 0 Å². The Bertz CT molecular complexity index is 133. The van der Waals surface area contributed by atoms with Crippen molar-refractivity contribution in [3.8, 4) is 0 Å². The van der Waals surface area contributed by atoms with Crippen LogP contribution in [-0.2, 0) is 25.6 Å². The molecular formula is C8H19NiO3P. The van der Waals surface area contributed by atoms with Crippen molar-refractivity contribution in [2.45, 2.75) is 39.5 Å². The van der Waals surface area contributed by atoms with Crippen LogP contribution in [0.4, 0.5) is 0 Å². The van der Waals surface area contributed by atoms with Crippen molar-refractivity contribution in [1.82, 2.24) is 0 Å². The van der Waals surface area contributed by atoms with Crippen LogP contribution in [0, 0.1) is 5.92 Å². The SMILES string of the molecule is CCCCC(CC)CO[PH](=O)O.[Ni]. The molecule has 0 aromatic rings. The van der Waals surface area contributed by atoms with E-state index in [1.807, 2.05) is 0 Å². The summed E-state index contributed by atoms with van der Waals surface area (Å²) in [5.41, 5.74) is 0. The van der Waals surface area contributed by atoms with E-state index in [9.17, 15) is 4.57 Å². The van der Waals surface area contributed by atoms with E-state index >= 15 is 0 Å². The molecule has 0 aliphatic heterocycles. The summed E-state index contributed by atoms with van der Waals surface area (Å²) in [7, 11) is -2.71. The normalized spacial score (nSPS) is 14.7. The smallest absolute Gasteiger partial charge is 0.316 e. The van der Waals surface area contributed by atoms with E-state index in [0.717, 1.165) is 12.8 Å². The van der Waals surface area contributed by atoms with Gasteiger partial charge < -0.3 is 9.42 Å². The van der Waals surface area contributed by atoms with Gasteiger partial charge in [-0.25, -0.2) is 0 Å². The predicted molar refractivity (Wildman–Crippen MR) is 50.5 cm³/mol. The Morgan fingerprint density at radius 1 is 1.46 bits per heavy atom. The summed E-state index contributed by atoms with van der Waals surface area (Å²) < 4.78 is 15.0. The number of unbranched alkanes of at least 4 members (excludes halogenated alkanes) is 1. The van der Waals surface area contributed by atoms with Gasteiger partial charge in [-0.05, 0) is 12.3 Å². The zero-order valence-corrected chi connectivity index (χ0v) is 10.2. The Kier molecular flexibility index (Phi) is 13.3. The van der Waals surface area contributed by atoms with Crippen LogP contribution in [0.1, 0.15) is 39.5 Å². The Hall–Kier alpha value is 0.644. The van der Waals surface area contributed by atoms with E-state index in [-0.39, 0.29) is 16.5 Å². The van der Waals surface area contributed by atoms with E-state index in [0.29, 0.717) is 12.5 Å². The van der Waals surface area contributed by atoms with Crippen molar-refractivity contribution >= 4 is 8.25 Å². The van der Waals surface area contributed by atoms with Gasteiger partial charge in [0.15, 0.2) is 0 Å². The van der Waals surface area contributed by atoms with Crippen LogP contribution in [0.5, 0.6) is 0 Å².